The Labute approximate surface area is 159 Å². The van der Waals surface area contributed by atoms with E-state index in [0.29, 0.717) is 18.7 Å². The van der Waals surface area contributed by atoms with Gasteiger partial charge in [-0.05, 0) is 51.3 Å². The van der Waals surface area contributed by atoms with Gasteiger partial charge in [0.1, 0.15) is 5.69 Å². The minimum atomic E-state index is -3.95. The van der Waals surface area contributed by atoms with Crippen LogP contribution in [-0.2, 0) is 20.0 Å². The van der Waals surface area contributed by atoms with Crippen molar-refractivity contribution in [3.05, 3.63) is 35.2 Å². The Morgan fingerprint density at radius 1 is 1.04 bits per heavy atom. The first-order valence-electron chi connectivity index (χ1n) is 8.69. The average Bonchev–Trinajstić information content (AvgIpc) is 2.96. The van der Waals surface area contributed by atoms with Gasteiger partial charge in [0.15, 0.2) is 10.7 Å². The molecule has 2 aromatic rings. The number of nitrogens with zero attached hydrogens (tertiary/aromatic N) is 2. The quantitative estimate of drug-likeness (QED) is 0.807. The lowest BCUT2D eigenvalue weighted by atomic mass is 10.2. The molecule has 0 unspecified atom stereocenters. The minimum absolute atomic E-state index is 0.0384. The molecule has 148 valence electrons. The lowest BCUT2D eigenvalue weighted by Gasteiger charge is -2.26. The first-order chi connectivity index (χ1) is 12.6. The monoisotopic (exact) mass is 413 g/mol. The zero-order valence-corrected chi connectivity index (χ0v) is 17.2. The molecule has 0 aliphatic carbocycles. The third-order valence-corrected chi connectivity index (χ3v) is 8.28. The highest BCUT2D eigenvalue weighted by atomic mass is 32.2. The lowest BCUT2D eigenvalue weighted by Crippen LogP contribution is -2.36. The van der Waals surface area contributed by atoms with Crippen LogP contribution in [-0.4, -0.2) is 39.4 Å². The van der Waals surface area contributed by atoms with E-state index in [4.69, 9.17) is 4.52 Å². The van der Waals surface area contributed by atoms with E-state index in [-0.39, 0.29) is 26.9 Å². The number of piperidine rings is 1. The number of rotatable bonds is 5. The van der Waals surface area contributed by atoms with Crippen molar-refractivity contribution < 1.29 is 21.4 Å². The first kappa shape index (κ1) is 19.8. The molecule has 0 bridgehead atoms. The summed E-state index contributed by atoms with van der Waals surface area (Å²) in [6.07, 6.45) is 2.68. The fourth-order valence-electron chi connectivity index (χ4n) is 3.25. The van der Waals surface area contributed by atoms with Gasteiger partial charge in [-0.25, -0.2) is 16.8 Å². The smallest absolute Gasteiger partial charge is 0.267 e. The van der Waals surface area contributed by atoms with E-state index >= 15 is 0 Å². The van der Waals surface area contributed by atoms with Crippen LogP contribution >= 0.6 is 0 Å². The molecule has 1 fully saturated rings. The molecule has 1 aliphatic heterocycles. The average molecular weight is 414 g/mol. The molecular formula is C17H23N3O5S2. The van der Waals surface area contributed by atoms with E-state index in [2.05, 4.69) is 9.88 Å². The third kappa shape index (κ3) is 3.87. The van der Waals surface area contributed by atoms with Crippen LogP contribution in [0.2, 0.25) is 0 Å². The Bertz CT molecular complexity index is 1030. The van der Waals surface area contributed by atoms with E-state index in [0.717, 1.165) is 19.3 Å². The Morgan fingerprint density at radius 3 is 2.30 bits per heavy atom. The first-order valence-corrected chi connectivity index (χ1v) is 11.6. The van der Waals surface area contributed by atoms with Crippen LogP contribution in [0.4, 0.5) is 5.69 Å². The molecule has 1 saturated heterocycles. The summed E-state index contributed by atoms with van der Waals surface area (Å²) in [5.41, 5.74) is 0.991. The van der Waals surface area contributed by atoms with Crippen LogP contribution in [0.25, 0.3) is 0 Å². The summed E-state index contributed by atoms with van der Waals surface area (Å²) < 4.78 is 60.2. The van der Waals surface area contributed by atoms with Crippen molar-refractivity contribution in [3.8, 4) is 0 Å². The van der Waals surface area contributed by atoms with Crippen LogP contribution < -0.4 is 4.72 Å². The molecular weight excluding hydrogens is 390 g/mol. The molecule has 8 nitrogen and oxygen atoms in total. The number of sulfonamides is 2. The van der Waals surface area contributed by atoms with Crippen molar-refractivity contribution in [3.63, 3.8) is 0 Å². The fourth-order valence-corrected chi connectivity index (χ4v) is 6.40. The van der Waals surface area contributed by atoms with E-state index in [1.54, 1.807) is 19.1 Å². The molecule has 10 heteroatoms. The second-order valence-electron chi connectivity index (χ2n) is 6.70. The predicted octanol–water partition coefficient (Wildman–Crippen LogP) is 2.58. The number of hydrogen-bond donors (Lipinski definition) is 1. The van der Waals surface area contributed by atoms with Gasteiger partial charge in [0.25, 0.3) is 10.0 Å². The molecule has 3 rings (SSSR count). The molecule has 1 aromatic heterocycles. The molecule has 1 aromatic carbocycles. The molecule has 0 radical (unpaired) electrons. The standard InChI is InChI=1S/C17H23N3O5S2/c1-12-7-8-15(19-26(21,22)17-13(2)18-25-14(17)3)11-16(12)27(23,24)20-9-5-4-6-10-20/h7-8,11,19H,4-6,9-10H2,1-3H3. The Hall–Kier alpha value is -1.91. The molecule has 2 heterocycles. The highest BCUT2D eigenvalue weighted by molar-refractivity contribution is 7.92. The molecule has 1 N–H and O–H groups in total. The van der Waals surface area contributed by atoms with Crippen LogP contribution in [0.15, 0.2) is 32.5 Å². The third-order valence-electron chi connectivity index (χ3n) is 4.61. The summed E-state index contributed by atoms with van der Waals surface area (Å²) >= 11 is 0. The normalized spacial score (nSPS) is 16.4. The van der Waals surface area contributed by atoms with Crippen molar-refractivity contribution in [2.75, 3.05) is 17.8 Å². The van der Waals surface area contributed by atoms with Gasteiger partial charge < -0.3 is 4.52 Å². The Morgan fingerprint density at radius 2 is 1.70 bits per heavy atom. The summed E-state index contributed by atoms with van der Waals surface area (Å²) in [7, 11) is -7.62. The maximum Gasteiger partial charge on any atom is 0.267 e. The number of anilines is 1. The van der Waals surface area contributed by atoms with E-state index < -0.39 is 20.0 Å². The van der Waals surface area contributed by atoms with Crippen molar-refractivity contribution in [1.29, 1.82) is 0 Å². The van der Waals surface area contributed by atoms with Crippen LogP contribution in [0.1, 0.15) is 36.3 Å². The summed E-state index contributed by atoms with van der Waals surface area (Å²) in [5.74, 6) is 0.174. The van der Waals surface area contributed by atoms with E-state index in [1.807, 2.05) is 0 Å². The number of aromatic nitrogens is 1. The number of nitrogens with one attached hydrogen (secondary N) is 1. The van der Waals surface area contributed by atoms with Gasteiger partial charge in [0.2, 0.25) is 10.0 Å². The summed E-state index contributed by atoms with van der Waals surface area (Å²) in [4.78, 5) is 0.0758. The molecule has 0 saturated carbocycles. The van der Waals surface area contributed by atoms with Gasteiger partial charge >= 0.3 is 0 Å². The van der Waals surface area contributed by atoms with Gasteiger partial charge in [0.05, 0.1) is 10.6 Å². The highest BCUT2D eigenvalue weighted by Gasteiger charge is 2.29. The highest BCUT2D eigenvalue weighted by Crippen LogP contribution is 2.28. The number of aryl methyl sites for hydroxylation is 3. The summed E-state index contributed by atoms with van der Waals surface area (Å²) in [5, 5.41) is 3.66. The van der Waals surface area contributed by atoms with Crippen molar-refractivity contribution in [2.45, 2.75) is 49.8 Å². The topological polar surface area (TPSA) is 110 Å². The Balaban J connectivity index is 1.96. The zero-order valence-electron chi connectivity index (χ0n) is 15.5. The maximum absolute atomic E-state index is 13.0. The van der Waals surface area contributed by atoms with Gasteiger partial charge in [-0.3, -0.25) is 4.72 Å². The van der Waals surface area contributed by atoms with Crippen molar-refractivity contribution in [2.24, 2.45) is 0 Å². The summed E-state index contributed by atoms with van der Waals surface area (Å²) in [6, 6.07) is 4.51. The van der Waals surface area contributed by atoms with E-state index in [9.17, 15) is 16.8 Å². The number of benzene rings is 1. The van der Waals surface area contributed by atoms with Gasteiger partial charge in [0, 0.05) is 13.1 Å². The summed E-state index contributed by atoms with van der Waals surface area (Å²) in [6.45, 7) is 5.71. The van der Waals surface area contributed by atoms with Gasteiger partial charge in [-0.15, -0.1) is 0 Å². The van der Waals surface area contributed by atoms with Crippen LogP contribution in [0.5, 0.6) is 0 Å². The van der Waals surface area contributed by atoms with Gasteiger partial charge in [-0.2, -0.15) is 4.31 Å². The second-order valence-corrected chi connectivity index (χ2v) is 10.2. The minimum Gasteiger partial charge on any atom is -0.360 e. The second kappa shape index (κ2) is 7.25. The molecule has 0 atom stereocenters. The molecule has 27 heavy (non-hydrogen) atoms. The van der Waals surface area contributed by atoms with Crippen molar-refractivity contribution in [1.82, 2.24) is 9.46 Å². The molecule has 0 spiro atoms. The SMILES string of the molecule is Cc1ccc(NS(=O)(=O)c2c(C)noc2C)cc1S(=O)(=O)N1CCCCC1. The molecule has 1 aliphatic rings. The largest absolute Gasteiger partial charge is 0.360 e. The lowest BCUT2D eigenvalue weighted by molar-refractivity contribution is 0.346. The van der Waals surface area contributed by atoms with Crippen LogP contribution in [0.3, 0.4) is 0 Å². The number of hydrogen-bond acceptors (Lipinski definition) is 6. The van der Waals surface area contributed by atoms with E-state index in [1.165, 1.54) is 24.2 Å². The van der Waals surface area contributed by atoms with Gasteiger partial charge in [-0.1, -0.05) is 17.6 Å². The fraction of sp³-hybridized carbons (Fsp3) is 0.471. The predicted molar refractivity (Wildman–Crippen MR) is 101 cm³/mol. The zero-order chi connectivity index (χ0) is 19.8. The maximum atomic E-state index is 13.0. The molecule has 0 amide bonds. The van der Waals surface area contributed by atoms with Crippen LogP contribution in [0, 0.1) is 20.8 Å². The van der Waals surface area contributed by atoms with Crippen molar-refractivity contribution >= 4 is 25.7 Å². The Kier molecular flexibility index (Phi) is 5.33.